The number of nitrogens with zero attached hydrogens (tertiary/aromatic N) is 2. The summed E-state index contributed by atoms with van der Waals surface area (Å²) in [6, 6.07) is 4.60. The zero-order chi connectivity index (χ0) is 15.7. The summed E-state index contributed by atoms with van der Waals surface area (Å²) in [5.74, 6) is -0.236. The lowest BCUT2D eigenvalue weighted by atomic mass is 9.78. The van der Waals surface area contributed by atoms with Crippen LogP contribution in [0.25, 0.3) is 0 Å². The Morgan fingerprint density at radius 2 is 2.05 bits per heavy atom. The first-order chi connectivity index (χ1) is 10.5. The highest BCUT2D eigenvalue weighted by Gasteiger charge is 2.38. The molecule has 0 unspecified atom stereocenters. The lowest BCUT2D eigenvalue weighted by molar-refractivity contribution is -0.385. The van der Waals surface area contributed by atoms with Crippen molar-refractivity contribution in [1.29, 1.82) is 0 Å². The molecule has 2 heterocycles. The van der Waals surface area contributed by atoms with Crippen molar-refractivity contribution in [3.8, 4) is 0 Å². The van der Waals surface area contributed by atoms with Gasteiger partial charge in [-0.05, 0) is 43.4 Å². The number of halogens is 1. The Labute approximate surface area is 137 Å². The number of nitro benzene ring substituents is 1. The zero-order valence-corrected chi connectivity index (χ0v) is 13.8. The van der Waals surface area contributed by atoms with Crippen LogP contribution in [0.5, 0.6) is 0 Å². The third-order valence-electron chi connectivity index (χ3n) is 4.83. The molecule has 2 aliphatic heterocycles. The van der Waals surface area contributed by atoms with Crippen LogP contribution in [-0.2, 0) is 0 Å². The van der Waals surface area contributed by atoms with E-state index in [-0.39, 0.29) is 17.2 Å². The molecule has 0 aliphatic carbocycles. The average Bonchev–Trinajstić information content (AvgIpc) is 2.95. The van der Waals surface area contributed by atoms with Crippen molar-refractivity contribution in [2.24, 2.45) is 5.41 Å². The number of rotatable bonds is 2. The number of piperidine rings is 1. The van der Waals surface area contributed by atoms with E-state index < -0.39 is 4.92 Å². The van der Waals surface area contributed by atoms with Gasteiger partial charge in [0.05, 0.1) is 4.92 Å². The monoisotopic (exact) mass is 367 g/mol. The number of carbonyl (C=O) groups is 1. The van der Waals surface area contributed by atoms with Gasteiger partial charge in [0.2, 0.25) is 0 Å². The second-order valence-electron chi connectivity index (χ2n) is 6.14. The minimum absolute atomic E-state index is 0.137. The van der Waals surface area contributed by atoms with Crippen LogP contribution in [0.1, 0.15) is 29.6 Å². The van der Waals surface area contributed by atoms with Crippen LogP contribution in [0.15, 0.2) is 22.7 Å². The predicted molar refractivity (Wildman–Crippen MR) is 85.9 cm³/mol. The molecular weight excluding hydrogens is 350 g/mol. The molecule has 0 atom stereocenters. The van der Waals surface area contributed by atoms with Crippen LogP contribution in [-0.4, -0.2) is 41.9 Å². The number of nitro groups is 1. The number of carbonyl (C=O) groups excluding carboxylic acids is 1. The molecule has 2 fully saturated rings. The largest absolute Gasteiger partial charge is 0.338 e. The molecule has 1 spiro atoms. The van der Waals surface area contributed by atoms with Crippen molar-refractivity contribution in [2.75, 3.05) is 26.2 Å². The van der Waals surface area contributed by atoms with Crippen molar-refractivity contribution >= 4 is 27.5 Å². The highest BCUT2D eigenvalue weighted by atomic mass is 79.9. The molecule has 0 aromatic heterocycles. The molecule has 7 heteroatoms. The summed E-state index contributed by atoms with van der Waals surface area (Å²) in [5.41, 5.74) is 0.360. The lowest BCUT2D eigenvalue weighted by Gasteiger charge is -2.38. The van der Waals surface area contributed by atoms with E-state index in [9.17, 15) is 14.9 Å². The second kappa shape index (κ2) is 5.96. The number of hydrogen-bond acceptors (Lipinski definition) is 4. The first-order valence-electron chi connectivity index (χ1n) is 7.45. The Balaban J connectivity index is 1.76. The average molecular weight is 368 g/mol. The van der Waals surface area contributed by atoms with Crippen LogP contribution < -0.4 is 5.32 Å². The van der Waals surface area contributed by atoms with Crippen LogP contribution in [0.3, 0.4) is 0 Å². The quantitative estimate of drug-likeness (QED) is 0.643. The van der Waals surface area contributed by atoms with Crippen molar-refractivity contribution < 1.29 is 9.72 Å². The highest BCUT2D eigenvalue weighted by Crippen LogP contribution is 2.37. The number of nitrogens with one attached hydrogen (secondary N) is 1. The van der Waals surface area contributed by atoms with Crippen LogP contribution in [0.2, 0.25) is 0 Å². The summed E-state index contributed by atoms with van der Waals surface area (Å²) in [6.07, 6.45) is 3.10. The Kier molecular flexibility index (Phi) is 4.18. The maximum atomic E-state index is 12.6. The van der Waals surface area contributed by atoms with Gasteiger partial charge < -0.3 is 10.2 Å². The third-order valence-corrected chi connectivity index (χ3v) is 5.32. The van der Waals surface area contributed by atoms with E-state index in [1.807, 2.05) is 0 Å². The molecule has 1 aromatic rings. The van der Waals surface area contributed by atoms with Crippen LogP contribution >= 0.6 is 15.9 Å². The minimum atomic E-state index is -0.496. The molecule has 0 radical (unpaired) electrons. The Morgan fingerprint density at radius 3 is 2.64 bits per heavy atom. The summed E-state index contributed by atoms with van der Waals surface area (Å²) in [5, 5.41) is 14.6. The van der Waals surface area contributed by atoms with E-state index in [1.165, 1.54) is 12.1 Å². The number of likely N-dealkylation sites (tertiary alicyclic amines) is 1. The van der Waals surface area contributed by atoms with Gasteiger partial charge in [-0.1, -0.05) is 15.9 Å². The highest BCUT2D eigenvalue weighted by molar-refractivity contribution is 9.10. The molecule has 2 aliphatic rings. The van der Waals surface area contributed by atoms with E-state index in [0.29, 0.717) is 23.0 Å². The number of amides is 1. The molecule has 1 aromatic carbocycles. The van der Waals surface area contributed by atoms with Gasteiger partial charge in [0.25, 0.3) is 11.6 Å². The van der Waals surface area contributed by atoms with Gasteiger partial charge in [0.1, 0.15) is 5.56 Å². The number of benzene rings is 1. The molecule has 0 saturated carbocycles. The third kappa shape index (κ3) is 2.87. The lowest BCUT2D eigenvalue weighted by Crippen LogP contribution is -2.44. The van der Waals surface area contributed by atoms with E-state index >= 15 is 0 Å². The van der Waals surface area contributed by atoms with Crippen LogP contribution in [0.4, 0.5) is 5.69 Å². The second-order valence-corrected chi connectivity index (χ2v) is 7.05. The maximum absolute atomic E-state index is 12.6. The molecular formula is C15H18BrN3O3. The molecule has 1 amide bonds. The predicted octanol–water partition coefficient (Wildman–Crippen LogP) is 2.57. The van der Waals surface area contributed by atoms with Crippen LogP contribution in [0, 0.1) is 15.5 Å². The van der Waals surface area contributed by atoms with E-state index in [2.05, 4.69) is 21.2 Å². The normalized spacial score (nSPS) is 20.3. The fraction of sp³-hybridized carbons (Fsp3) is 0.533. The van der Waals surface area contributed by atoms with Gasteiger partial charge in [0, 0.05) is 30.2 Å². The molecule has 0 bridgehead atoms. The summed E-state index contributed by atoms with van der Waals surface area (Å²) in [4.78, 5) is 25.1. The topological polar surface area (TPSA) is 75.5 Å². The van der Waals surface area contributed by atoms with Gasteiger partial charge in [0.15, 0.2) is 0 Å². The van der Waals surface area contributed by atoms with Gasteiger partial charge in [-0.3, -0.25) is 14.9 Å². The standard InChI is InChI=1S/C15H18BrN3O3/c16-11-1-2-12(13(9-11)19(21)22)14(20)18-7-4-15(5-8-18)3-6-17-10-15/h1-2,9,17H,3-8,10H2. The Morgan fingerprint density at radius 1 is 1.32 bits per heavy atom. The summed E-state index contributed by atoms with van der Waals surface area (Å²) >= 11 is 3.21. The van der Waals surface area contributed by atoms with E-state index in [4.69, 9.17) is 0 Å². The van der Waals surface area contributed by atoms with Gasteiger partial charge >= 0.3 is 0 Å². The maximum Gasteiger partial charge on any atom is 0.283 e. The van der Waals surface area contributed by atoms with E-state index in [0.717, 1.165) is 32.4 Å². The smallest absolute Gasteiger partial charge is 0.283 e. The first kappa shape index (κ1) is 15.4. The number of hydrogen-bond donors (Lipinski definition) is 1. The molecule has 1 N–H and O–H groups in total. The van der Waals surface area contributed by atoms with Crippen molar-refractivity contribution in [1.82, 2.24) is 10.2 Å². The first-order valence-corrected chi connectivity index (χ1v) is 8.24. The molecule has 2 saturated heterocycles. The minimum Gasteiger partial charge on any atom is -0.338 e. The fourth-order valence-electron chi connectivity index (χ4n) is 3.41. The zero-order valence-electron chi connectivity index (χ0n) is 12.2. The summed E-state index contributed by atoms with van der Waals surface area (Å²) in [7, 11) is 0. The Bertz CT molecular complexity index is 604. The molecule has 6 nitrogen and oxygen atoms in total. The van der Waals surface area contributed by atoms with Crippen molar-refractivity contribution in [3.05, 3.63) is 38.3 Å². The molecule has 22 heavy (non-hydrogen) atoms. The van der Waals surface area contributed by atoms with Gasteiger partial charge in [-0.2, -0.15) is 0 Å². The fourth-order valence-corrected chi connectivity index (χ4v) is 3.76. The molecule has 3 rings (SSSR count). The van der Waals surface area contributed by atoms with Crippen molar-refractivity contribution in [3.63, 3.8) is 0 Å². The van der Waals surface area contributed by atoms with Gasteiger partial charge in [-0.15, -0.1) is 0 Å². The summed E-state index contributed by atoms with van der Waals surface area (Å²) < 4.78 is 0.602. The van der Waals surface area contributed by atoms with E-state index in [1.54, 1.807) is 11.0 Å². The molecule has 118 valence electrons. The Hall–Kier alpha value is -1.47. The SMILES string of the molecule is O=C(c1ccc(Br)cc1[N+](=O)[O-])N1CCC2(CCNC2)CC1. The summed E-state index contributed by atoms with van der Waals surface area (Å²) in [6.45, 7) is 3.42. The van der Waals surface area contributed by atoms with Gasteiger partial charge in [-0.25, -0.2) is 0 Å². The van der Waals surface area contributed by atoms with Crippen molar-refractivity contribution in [2.45, 2.75) is 19.3 Å².